The van der Waals surface area contributed by atoms with Gasteiger partial charge in [-0.25, -0.2) is 0 Å². The van der Waals surface area contributed by atoms with Crippen LogP contribution in [0.4, 0.5) is 0 Å². The number of halogens is 1. The fourth-order valence-corrected chi connectivity index (χ4v) is 3.03. The summed E-state index contributed by atoms with van der Waals surface area (Å²) in [5.74, 6) is 0.370. The van der Waals surface area contributed by atoms with Crippen LogP contribution in [0.1, 0.15) is 36.5 Å². The summed E-state index contributed by atoms with van der Waals surface area (Å²) in [5.41, 5.74) is 0.735. The molecule has 1 aromatic heterocycles. The van der Waals surface area contributed by atoms with Crippen molar-refractivity contribution < 1.29 is 9.90 Å². The van der Waals surface area contributed by atoms with Gasteiger partial charge in [0.15, 0.2) is 0 Å². The van der Waals surface area contributed by atoms with Gasteiger partial charge in [-0.2, -0.15) is 0 Å². The van der Waals surface area contributed by atoms with Gasteiger partial charge in [0, 0.05) is 18.5 Å². The van der Waals surface area contributed by atoms with E-state index in [1.54, 1.807) is 11.3 Å². The van der Waals surface area contributed by atoms with Crippen molar-refractivity contribution in [3.05, 3.63) is 19.9 Å². The van der Waals surface area contributed by atoms with Gasteiger partial charge in [-0.05, 0) is 47.4 Å². The van der Waals surface area contributed by atoms with Crippen LogP contribution < -0.4 is 5.32 Å². The summed E-state index contributed by atoms with van der Waals surface area (Å²) in [6, 6.07) is 1.89. The third-order valence-electron chi connectivity index (χ3n) is 2.62. The fraction of sp³-hybridized carbons (Fsp3) is 0.583. The lowest BCUT2D eigenvalue weighted by Crippen LogP contribution is -2.29. The van der Waals surface area contributed by atoms with Gasteiger partial charge in [-0.3, -0.25) is 4.79 Å². The first kappa shape index (κ1) is 14.9. The smallest absolute Gasteiger partial charge is 0.252 e. The Morgan fingerprint density at radius 2 is 2.35 bits per heavy atom. The van der Waals surface area contributed by atoms with Gasteiger partial charge in [0.1, 0.15) is 0 Å². The molecule has 0 aromatic carbocycles. The number of aliphatic hydroxyl groups is 1. The molecule has 2 N–H and O–H groups in total. The van der Waals surface area contributed by atoms with Crippen LogP contribution in [-0.2, 0) is 0 Å². The number of nitrogens with one attached hydrogen (secondary N) is 1. The molecule has 96 valence electrons. The summed E-state index contributed by atoms with van der Waals surface area (Å²) >= 11 is 3.78. The van der Waals surface area contributed by atoms with Crippen molar-refractivity contribution in [1.82, 2.24) is 5.32 Å². The lowest BCUT2D eigenvalue weighted by molar-refractivity contribution is 0.0943. The second kappa shape index (κ2) is 8.05. The van der Waals surface area contributed by atoms with E-state index in [2.05, 4.69) is 34.8 Å². The minimum Gasteiger partial charge on any atom is -0.396 e. The summed E-state index contributed by atoms with van der Waals surface area (Å²) in [5, 5.41) is 13.7. The largest absolute Gasteiger partial charge is 0.396 e. The number of carbonyl (C=O) groups is 1. The molecule has 0 radical (unpaired) electrons. The number of hydrogen-bond acceptors (Lipinski definition) is 3. The number of rotatable bonds is 7. The summed E-state index contributed by atoms with van der Waals surface area (Å²) < 4.78 is 1.12. The predicted octanol–water partition coefficient (Wildman–Crippen LogP) is 2.88. The topological polar surface area (TPSA) is 49.3 Å². The molecule has 1 atom stereocenters. The van der Waals surface area contributed by atoms with Crippen molar-refractivity contribution in [1.29, 1.82) is 0 Å². The molecular weight excluding hydrogens is 349 g/mol. The maximum atomic E-state index is 11.8. The van der Waals surface area contributed by atoms with Crippen molar-refractivity contribution in [2.24, 2.45) is 5.92 Å². The lowest BCUT2D eigenvalue weighted by Gasteiger charge is -2.15. The molecule has 0 aliphatic heterocycles. The first-order chi connectivity index (χ1) is 8.17. The third-order valence-corrected chi connectivity index (χ3v) is 4.40. The zero-order valence-electron chi connectivity index (χ0n) is 9.91. The van der Waals surface area contributed by atoms with Crippen LogP contribution in [0.25, 0.3) is 0 Å². The monoisotopic (exact) mass is 367 g/mol. The van der Waals surface area contributed by atoms with Gasteiger partial charge in [0.25, 0.3) is 5.91 Å². The number of thiophene rings is 1. The van der Waals surface area contributed by atoms with Gasteiger partial charge >= 0.3 is 0 Å². The second-order valence-electron chi connectivity index (χ2n) is 4.02. The van der Waals surface area contributed by atoms with Crippen LogP contribution in [0.15, 0.2) is 11.4 Å². The molecule has 0 bridgehead atoms. The van der Waals surface area contributed by atoms with Crippen molar-refractivity contribution in [2.75, 3.05) is 13.2 Å². The number of carbonyl (C=O) groups excluding carboxylic acids is 1. The Hall–Kier alpha value is -0.140. The second-order valence-corrected chi connectivity index (χ2v) is 6.82. The highest BCUT2D eigenvalue weighted by Gasteiger charge is 2.11. The average molecular weight is 367 g/mol. The van der Waals surface area contributed by atoms with Gasteiger partial charge in [-0.15, -0.1) is 11.3 Å². The Morgan fingerprint density at radius 3 is 2.88 bits per heavy atom. The Balaban J connectivity index is 2.40. The lowest BCUT2D eigenvalue weighted by atomic mass is 10.0. The van der Waals surface area contributed by atoms with Gasteiger partial charge in [0.05, 0.1) is 8.45 Å². The third kappa shape index (κ3) is 5.35. The predicted molar refractivity (Wildman–Crippen MR) is 79.5 cm³/mol. The van der Waals surface area contributed by atoms with Crippen molar-refractivity contribution in [2.45, 2.75) is 26.2 Å². The molecular formula is C12H18INO2S. The molecule has 1 rings (SSSR count). The molecule has 1 amide bonds. The zero-order valence-corrected chi connectivity index (χ0v) is 12.9. The normalized spacial score (nSPS) is 12.4. The van der Waals surface area contributed by atoms with Crippen molar-refractivity contribution in [3.8, 4) is 0 Å². The van der Waals surface area contributed by atoms with E-state index in [9.17, 15) is 4.79 Å². The summed E-state index contributed by atoms with van der Waals surface area (Å²) in [6.45, 7) is 2.96. The van der Waals surface area contributed by atoms with E-state index in [0.717, 1.165) is 27.7 Å². The van der Waals surface area contributed by atoms with E-state index in [4.69, 9.17) is 5.11 Å². The molecule has 0 aliphatic rings. The summed E-state index contributed by atoms with van der Waals surface area (Å²) in [7, 11) is 0. The molecule has 0 aliphatic carbocycles. The van der Waals surface area contributed by atoms with Gasteiger partial charge < -0.3 is 10.4 Å². The number of aliphatic hydroxyl groups excluding tert-OH is 1. The molecule has 0 saturated heterocycles. The molecule has 1 unspecified atom stereocenters. The standard InChI is InChI=1S/C12H18INO2S/c1-2-3-9(4-5-15)7-14-12(16)10-6-11(13)17-8-10/h6,8-9,15H,2-5,7H2,1H3,(H,14,16). The van der Waals surface area contributed by atoms with Crippen LogP contribution in [0, 0.1) is 8.80 Å². The van der Waals surface area contributed by atoms with Gasteiger partial charge in [-0.1, -0.05) is 13.3 Å². The maximum Gasteiger partial charge on any atom is 0.252 e. The van der Waals surface area contributed by atoms with Crippen LogP contribution in [-0.4, -0.2) is 24.2 Å². The first-order valence-electron chi connectivity index (χ1n) is 5.80. The molecule has 1 heterocycles. The molecule has 17 heavy (non-hydrogen) atoms. The van der Waals surface area contributed by atoms with E-state index >= 15 is 0 Å². The molecule has 1 aromatic rings. The van der Waals surface area contributed by atoms with Crippen LogP contribution in [0.3, 0.4) is 0 Å². The SMILES string of the molecule is CCCC(CCO)CNC(=O)c1csc(I)c1. The molecule has 3 nitrogen and oxygen atoms in total. The van der Waals surface area contributed by atoms with Crippen LogP contribution >= 0.6 is 33.9 Å². The van der Waals surface area contributed by atoms with E-state index in [-0.39, 0.29) is 12.5 Å². The van der Waals surface area contributed by atoms with Crippen molar-refractivity contribution in [3.63, 3.8) is 0 Å². The highest BCUT2D eigenvalue weighted by Crippen LogP contribution is 2.16. The zero-order chi connectivity index (χ0) is 12.7. The molecule has 0 fully saturated rings. The minimum absolute atomic E-state index is 0.0109. The number of hydrogen-bond donors (Lipinski definition) is 2. The highest BCUT2D eigenvalue weighted by atomic mass is 127. The van der Waals surface area contributed by atoms with E-state index in [1.807, 2.05) is 11.4 Å². The van der Waals surface area contributed by atoms with Crippen LogP contribution in [0.5, 0.6) is 0 Å². The molecule has 0 spiro atoms. The van der Waals surface area contributed by atoms with Gasteiger partial charge in [0.2, 0.25) is 0 Å². The quantitative estimate of drug-likeness (QED) is 0.729. The molecule has 5 heteroatoms. The maximum absolute atomic E-state index is 11.8. The molecule has 0 saturated carbocycles. The Bertz CT molecular complexity index is 348. The Labute approximate surface area is 120 Å². The van der Waals surface area contributed by atoms with Crippen molar-refractivity contribution >= 4 is 39.8 Å². The highest BCUT2D eigenvalue weighted by molar-refractivity contribution is 14.1. The average Bonchev–Trinajstić information content (AvgIpc) is 2.73. The Kier molecular flexibility index (Phi) is 7.06. The number of amides is 1. The Morgan fingerprint density at radius 1 is 1.59 bits per heavy atom. The fourth-order valence-electron chi connectivity index (χ4n) is 1.71. The van der Waals surface area contributed by atoms with Crippen LogP contribution in [0.2, 0.25) is 0 Å². The summed E-state index contributed by atoms with van der Waals surface area (Å²) in [6.07, 6.45) is 2.88. The summed E-state index contributed by atoms with van der Waals surface area (Å²) in [4.78, 5) is 11.8. The van der Waals surface area contributed by atoms with E-state index in [1.165, 1.54) is 0 Å². The minimum atomic E-state index is -0.0109. The van der Waals surface area contributed by atoms with E-state index < -0.39 is 0 Å². The van der Waals surface area contributed by atoms with E-state index in [0.29, 0.717) is 12.5 Å². The first-order valence-corrected chi connectivity index (χ1v) is 7.76.